The van der Waals surface area contributed by atoms with E-state index in [0.29, 0.717) is 17.3 Å². The van der Waals surface area contributed by atoms with Gasteiger partial charge in [0.1, 0.15) is 17.3 Å². The highest BCUT2D eigenvalue weighted by Crippen LogP contribution is 2.21. The van der Waals surface area contributed by atoms with Crippen LogP contribution in [0.4, 0.5) is 0 Å². The van der Waals surface area contributed by atoms with Crippen LogP contribution < -0.4 is 10.5 Å². The molecule has 0 spiro atoms. The van der Waals surface area contributed by atoms with Gasteiger partial charge in [0.15, 0.2) is 0 Å². The van der Waals surface area contributed by atoms with Gasteiger partial charge in [0, 0.05) is 12.4 Å². The van der Waals surface area contributed by atoms with Crippen LogP contribution in [0.1, 0.15) is 17.4 Å². The summed E-state index contributed by atoms with van der Waals surface area (Å²) in [5, 5.41) is 6.97. The molecule has 3 aromatic rings. The normalized spacial score (nSPS) is 12.1. The lowest BCUT2D eigenvalue weighted by Crippen LogP contribution is -2.13. The molecule has 0 unspecified atom stereocenters. The fraction of sp³-hybridized carbons (Fsp3) is 0.143. The van der Waals surface area contributed by atoms with Crippen molar-refractivity contribution in [2.45, 2.75) is 6.04 Å². The van der Waals surface area contributed by atoms with Crippen LogP contribution in [-0.2, 0) is 0 Å². The number of aromatic amines is 1. The number of methoxy groups -OCH3 is 1. The predicted molar refractivity (Wildman–Crippen MR) is 76.4 cm³/mol. The first-order chi connectivity index (χ1) is 10.3. The molecule has 7 nitrogen and oxygen atoms in total. The summed E-state index contributed by atoms with van der Waals surface area (Å²) in [6, 6.07) is 7.11. The van der Waals surface area contributed by atoms with Crippen molar-refractivity contribution in [1.29, 1.82) is 0 Å². The minimum Gasteiger partial charge on any atom is -0.497 e. The lowest BCUT2D eigenvalue weighted by atomic mass is 10.1. The summed E-state index contributed by atoms with van der Waals surface area (Å²) in [5.74, 6) is 1.83. The minimum atomic E-state index is -0.395. The van der Waals surface area contributed by atoms with E-state index in [2.05, 4.69) is 25.1 Å². The Balaban J connectivity index is 1.85. The zero-order valence-corrected chi connectivity index (χ0v) is 11.4. The summed E-state index contributed by atoms with van der Waals surface area (Å²) >= 11 is 0. The van der Waals surface area contributed by atoms with Crippen molar-refractivity contribution in [2.24, 2.45) is 5.73 Å². The fourth-order valence-corrected chi connectivity index (χ4v) is 1.91. The Labute approximate surface area is 121 Å². The number of rotatable bonds is 4. The van der Waals surface area contributed by atoms with Gasteiger partial charge < -0.3 is 10.5 Å². The fourth-order valence-electron chi connectivity index (χ4n) is 1.91. The molecule has 3 rings (SSSR count). The topological polar surface area (TPSA) is 103 Å². The second kappa shape index (κ2) is 5.68. The third kappa shape index (κ3) is 2.72. The molecule has 0 fully saturated rings. The van der Waals surface area contributed by atoms with Crippen LogP contribution in [0.2, 0.25) is 0 Å². The van der Waals surface area contributed by atoms with E-state index >= 15 is 0 Å². The van der Waals surface area contributed by atoms with Gasteiger partial charge in [-0.15, -0.1) is 0 Å². The molecule has 106 valence electrons. The molecular weight excluding hydrogens is 268 g/mol. The first-order valence-electron chi connectivity index (χ1n) is 6.36. The molecule has 1 atom stereocenters. The second-order valence-electron chi connectivity index (χ2n) is 4.39. The van der Waals surface area contributed by atoms with Crippen LogP contribution >= 0.6 is 0 Å². The number of benzene rings is 1. The van der Waals surface area contributed by atoms with Gasteiger partial charge in [-0.25, -0.2) is 9.97 Å². The molecule has 0 aliphatic rings. The van der Waals surface area contributed by atoms with Gasteiger partial charge in [0.05, 0.1) is 19.3 Å². The highest BCUT2D eigenvalue weighted by Gasteiger charge is 2.15. The molecule has 3 N–H and O–H groups in total. The number of nitrogens with zero attached hydrogens (tertiary/aromatic N) is 4. The van der Waals surface area contributed by atoms with Crippen molar-refractivity contribution in [3.8, 4) is 17.3 Å². The zero-order valence-electron chi connectivity index (χ0n) is 11.4. The van der Waals surface area contributed by atoms with E-state index in [1.54, 1.807) is 25.7 Å². The average molecular weight is 282 g/mol. The lowest BCUT2D eigenvalue weighted by Gasteiger charge is -2.09. The van der Waals surface area contributed by atoms with Gasteiger partial charge >= 0.3 is 0 Å². The molecular formula is C14H14N6O. The summed E-state index contributed by atoms with van der Waals surface area (Å²) < 4.78 is 5.12. The van der Waals surface area contributed by atoms with Crippen LogP contribution in [-0.4, -0.2) is 32.3 Å². The number of aromatic nitrogens is 5. The predicted octanol–water partition coefficient (Wildman–Crippen LogP) is 1.32. The molecule has 0 amide bonds. The van der Waals surface area contributed by atoms with Gasteiger partial charge in [-0.1, -0.05) is 12.1 Å². The molecule has 7 heteroatoms. The molecule has 2 heterocycles. The zero-order chi connectivity index (χ0) is 14.7. The number of hydrogen-bond donors (Lipinski definition) is 2. The van der Waals surface area contributed by atoms with Gasteiger partial charge in [-0.05, 0) is 17.7 Å². The van der Waals surface area contributed by atoms with E-state index in [-0.39, 0.29) is 0 Å². The molecule has 0 aliphatic carbocycles. The SMILES string of the molecule is COc1ccc([C@@H](N)c2nc(-c3cnccn3)n[nH]2)cc1. The third-order valence-electron chi connectivity index (χ3n) is 3.06. The molecule has 0 aliphatic heterocycles. The molecule has 1 aromatic carbocycles. The Morgan fingerprint density at radius 3 is 2.67 bits per heavy atom. The third-order valence-corrected chi connectivity index (χ3v) is 3.06. The maximum absolute atomic E-state index is 6.19. The largest absolute Gasteiger partial charge is 0.497 e. The highest BCUT2D eigenvalue weighted by atomic mass is 16.5. The molecule has 0 saturated carbocycles. The van der Waals surface area contributed by atoms with Crippen molar-refractivity contribution in [1.82, 2.24) is 25.1 Å². The van der Waals surface area contributed by atoms with E-state index in [1.807, 2.05) is 24.3 Å². The Morgan fingerprint density at radius 1 is 1.19 bits per heavy atom. The molecule has 0 radical (unpaired) electrons. The van der Waals surface area contributed by atoms with E-state index in [4.69, 9.17) is 10.5 Å². The number of ether oxygens (including phenoxy) is 1. The first-order valence-corrected chi connectivity index (χ1v) is 6.36. The van der Waals surface area contributed by atoms with E-state index < -0.39 is 6.04 Å². The van der Waals surface area contributed by atoms with Crippen molar-refractivity contribution < 1.29 is 4.74 Å². The van der Waals surface area contributed by atoms with Crippen molar-refractivity contribution in [3.05, 3.63) is 54.2 Å². The summed E-state index contributed by atoms with van der Waals surface area (Å²) in [7, 11) is 1.62. The maximum atomic E-state index is 6.19. The Bertz CT molecular complexity index is 710. The number of nitrogens with one attached hydrogen (secondary N) is 1. The molecule has 2 aromatic heterocycles. The minimum absolute atomic E-state index is 0.395. The molecule has 0 saturated heterocycles. The highest BCUT2D eigenvalue weighted by molar-refractivity contribution is 5.46. The summed E-state index contributed by atoms with van der Waals surface area (Å²) in [4.78, 5) is 12.5. The van der Waals surface area contributed by atoms with Gasteiger partial charge in [-0.2, -0.15) is 5.10 Å². The number of H-pyrrole nitrogens is 1. The van der Waals surface area contributed by atoms with Crippen LogP contribution in [0.25, 0.3) is 11.5 Å². The molecule has 0 bridgehead atoms. The summed E-state index contributed by atoms with van der Waals surface area (Å²) in [6.45, 7) is 0. The van der Waals surface area contributed by atoms with Gasteiger partial charge in [0.2, 0.25) is 5.82 Å². The maximum Gasteiger partial charge on any atom is 0.201 e. The summed E-state index contributed by atoms with van der Waals surface area (Å²) in [6.07, 6.45) is 4.79. The monoisotopic (exact) mass is 282 g/mol. The smallest absolute Gasteiger partial charge is 0.201 e. The van der Waals surface area contributed by atoms with Gasteiger partial charge in [0.25, 0.3) is 0 Å². The van der Waals surface area contributed by atoms with Crippen molar-refractivity contribution in [2.75, 3.05) is 7.11 Å². The van der Waals surface area contributed by atoms with Crippen LogP contribution in [0.3, 0.4) is 0 Å². The Kier molecular flexibility index (Phi) is 3.57. The number of hydrogen-bond acceptors (Lipinski definition) is 6. The standard InChI is InChI=1S/C14H14N6O/c1-21-10-4-2-9(3-5-10)12(15)14-18-13(19-20-14)11-8-16-6-7-17-11/h2-8,12H,15H2,1H3,(H,18,19,20)/t12-/m1/s1. The first kappa shape index (κ1) is 13.2. The van der Waals surface area contributed by atoms with E-state index in [0.717, 1.165) is 11.3 Å². The quantitative estimate of drug-likeness (QED) is 0.748. The van der Waals surface area contributed by atoms with Crippen molar-refractivity contribution in [3.63, 3.8) is 0 Å². The van der Waals surface area contributed by atoms with Crippen molar-refractivity contribution >= 4 is 0 Å². The Morgan fingerprint density at radius 2 is 2.00 bits per heavy atom. The van der Waals surface area contributed by atoms with E-state index in [9.17, 15) is 0 Å². The Hall–Kier alpha value is -2.80. The van der Waals surface area contributed by atoms with Crippen LogP contribution in [0.5, 0.6) is 5.75 Å². The van der Waals surface area contributed by atoms with E-state index in [1.165, 1.54) is 0 Å². The molecule has 21 heavy (non-hydrogen) atoms. The average Bonchev–Trinajstić information content (AvgIpc) is 3.05. The lowest BCUT2D eigenvalue weighted by molar-refractivity contribution is 0.414. The van der Waals surface area contributed by atoms with Crippen LogP contribution in [0, 0.1) is 0 Å². The number of nitrogens with two attached hydrogens (primary N) is 1. The van der Waals surface area contributed by atoms with Gasteiger partial charge in [-0.3, -0.25) is 10.1 Å². The summed E-state index contributed by atoms with van der Waals surface area (Å²) in [5.41, 5.74) is 7.70. The van der Waals surface area contributed by atoms with Crippen LogP contribution in [0.15, 0.2) is 42.9 Å². The second-order valence-corrected chi connectivity index (χ2v) is 4.39.